The number of hydrogen-bond donors (Lipinski definition) is 3. The highest BCUT2D eigenvalue weighted by Crippen LogP contribution is 2.21. The molecule has 0 heterocycles. The molecule has 0 radical (unpaired) electrons. The largest absolute Gasteiger partial charge is 0.356 e. The molecule has 5 nitrogen and oxygen atoms in total. The molecule has 0 bridgehead atoms. The van der Waals surface area contributed by atoms with Gasteiger partial charge >= 0.3 is 0 Å². The predicted molar refractivity (Wildman–Crippen MR) is 75.5 cm³/mol. The van der Waals surface area contributed by atoms with Crippen LogP contribution in [0.25, 0.3) is 0 Å². The van der Waals surface area contributed by atoms with Gasteiger partial charge in [0, 0.05) is 31.5 Å². The van der Waals surface area contributed by atoms with Crippen LogP contribution in [-0.4, -0.2) is 30.4 Å². The van der Waals surface area contributed by atoms with Crippen molar-refractivity contribution in [1.29, 1.82) is 0 Å². The van der Waals surface area contributed by atoms with Crippen LogP contribution < -0.4 is 16.4 Å². The number of carbonyl (C=O) groups is 2. The Bertz CT molecular complexity index is 319. The molecule has 1 rings (SSSR count). The van der Waals surface area contributed by atoms with Gasteiger partial charge < -0.3 is 16.4 Å². The van der Waals surface area contributed by atoms with Gasteiger partial charge in [0.25, 0.3) is 0 Å². The highest BCUT2D eigenvalue weighted by atomic mass is 16.2. The fraction of sp³-hybridized carbons (Fsp3) is 0.857. The third-order valence-electron chi connectivity index (χ3n) is 2.94. The van der Waals surface area contributed by atoms with Crippen molar-refractivity contribution in [2.45, 2.75) is 65.0 Å². The first kappa shape index (κ1) is 16.0. The molecule has 0 aromatic carbocycles. The molecule has 5 heteroatoms. The number of amides is 2. The molecule has 0 aromatic heterocycles. The Labute approximate surface area is 115 Å². The standard InChI is InChI=1S/C14H27N3O2/c1-14(2,3)9-10(15)8-13(19)16-7-6-12(18)17-11-4-5-11/h10-11H,4-9,15H2,1-3H3,(H,16,19)(H,17,18). The van der Waals surface area contributed by atoms with Crippen molar-refractivity contribution in [1.82, 2.24) is 10.6 Å². The summed E-state index contributed by atoms with van der Waals surface area (Å²) in [5.41, 5.74) is 6.06. The van der Waals surface area contributed by atoms with E-state index in [1.54, 1.807) is 0 Å². The van der Waals surface area contributed by atoms with Crippen LogP contribution in [0.15, 0.2) is 0 Å². The first-order valence-electron chi connectivity index (χ1n) is 7.08. The van der Waals surface area contributed by atoms with Gasteiger partial charge in [-0.3, -0.25) is 9.59 Å². The van der Waals surface area contributed by atoms with Crippen molar-refractivity contribution in [2.75, 3.05) is 6.54 Å². The van der Waals surface area contributed by atoms with Crippen molar-refractivity contribution in [2.24, 2.45) is 11.1 Å². The molecule has 1 aliphatic carbocycles. The summed E-state index contributed by atoms with van der Waals surface area (Å²) >= 11 is 0. The Morgan fingerprint density at radius 1 is 1.26 bits per heavy atom. The van der Waals surface area contributed by atoms with E-state index >= 15 is 0 Å². The van der Waals surface area contributed by atoms with Gasteiger partial charge in [0.05, 0.1) is 0 Å². The molecule has 110 valence electrons. The van der Waals surface area contributed by atoms with Gasteiger partial charge in [0.1, 0.15) is 0 Å². The minimum atomic E-state index is -0.125. The summed E-state index contributed by atoms with van der Waals surface area (Å²) < 4.78 is 0. The molecule has 0 saturated heterocycles. The lowest BCUT2D eigenvalue weighted by atomic mass is 9.87. The van der Waals surface area contributed by atoms with Crippen LogP contribution in [0.3, 0.4) is 0 Å². The van der Waals surface area contributed by atoms with Gasteiger partial charge in [-0.25, -0.2) is 0 Å². The Morgan fingerprint density at radius 2 is 1.89 bits per heavy atom. The molecule has 2 amide bonds. The van der Waals surface area contributed by atoms with Gasteiger partial charge in [-0.15, -0.1) is 0 Å². The van der Waals surface area contributed by atoms with E-state index in [1.807, 2.05) is 0 Å². The third-order valence-corrected chi connectivity index (χ3v) is 2.94. The second-order valence-corrected chi connectivity index (χ2v) is 6.67. The first-order valence-corrected chi connectivity index (χ1v) is 7.08. The van der Waals surface area contributed by atoms with Crippen LogP contribution in [-0.2, 0) is 9.59 Å². The van der Waals surface area contributed by atoms with Crippen molar-refractivity contribution in [3.05, 3.63) is 0 Å². The van der Waals surface area contributed by atoms with E-state index in [4.69, 9.17) is 5.73 Å². The van der Waals surface area contributed by atoms with Gasteiger partial charge in [-0.2, -0.15) is 0 Å². The molecule has 1 atom stereocenters. The normalized spacial score (nSPS) is 16.8. The van der Waals surface area contributed by atoms with E-state index in [0.29, 0.717) is 25.4 Å². The Kier molecular flexibility index (Phi) is 5.79. The van der Waals surface area contributed by atoms with Crippen LogP contribution >= 0.6 is 0 Å². The topological polar surface area (TPSA) is 84.2 Å². The minimum Gasteiger partial charge on any atom is -0.356 e. The van der Waals surface area contributed by atoms with Crippen LogP contribution in [0.4, 0.5) is 0 Å². The molecular weight excluding hydrogens is 242 g/mol. The van der Waals surface area contributed by atoms with Gasteiger partial charge in [0.15, 0.2) is 0 Å². The number of nitrogens with two attached hydrogens (primary N) is 1. The monoisotopic (exact) mass is 269 g/mol. The first-order chi connectivity index (χ1) is 8.76. The summed E-state index contributed by atoms with van der Waals surface area (Å²) in [6.45, 7) is 6.70. The smallest absolute Gasteiger partial charge is 0.221 e. The average Bonchev–Trinajstić information content (AvgIpc) is 2.97. The maximum absolute atomic E-state index is 11.6. The van der Waals surface area contributed by atoms with Crippen molar-refractivity contribution in [3.8, 4) is 0 Å². The van der Waals surface area contributed by atoms with Crippen molar-refractivity contribution in [3.63, 3.8) is 0 Å². The minimum absolute atomic E-state index is 0.0155. The highest BCUT2D eigenvalue weighted by molar-refractivity contribution is 5.79. The number of carbonyl (C=O) groups excluding carboxylic acids is 2. The van der Waals surface area contributed by atoms with Gasteiger partial charge in [-0.05, 0) is 24.7 Å². The molecule has 4 N–H and O–H groups in total. The fourth-order valence-corrected chi connectivity index (χ4v) is 2.01. The molecule has 1 unspecified atom stereocenters. The van der Waals surface area contributed by atoms with E-state index in [1.165, 1.54) is 0 Å². The van der Waals surface area contributed by atoms with Crippen LogP contribution in [0.2, 0.25) is 0 Å². The number of rotatable bonds is 7. The summed E-state index contributed by atoms with van der Waals surface area (Å²) in [7, 11) is 0. The summed E-state index contributed by atoms with van der Waals surface area (Å²) in [4.78, 5) is 23.0. The van der Waals surface area contributed by atoms with E-state index in [2.05, 4.69) is 31.4 Å². The van der Waals surface area contributed by atoms with Gasteiger partial charge in [-0.1, -0.05) is 20.8 Å². The molecule has 19 heavy (non-hydrogen) atoms. The average molecular weight is 269 g/mol. The fourth-order valence-electron chi connectivity index (χ4n) is 2.01. The summed E-state index contributed by atoms with van der Waals surface area (Å²) in [5, 5.41) is 5.63. The van der Waals surface area contributed by atoms with E-state index in [-0.39, 0.29) is 23.3 Å². The van der Waals surface area contributed by atoms with Crippen molar-refractivity contribution < 1.29 is 9.59 Å². The SMILES string of the molecule is CC(C)(C)CC(N)CC(=O)NCCC(=O)NC1CC1. The maximum atomic E-state index is 11.6. The van der Waals surface area contributed by atoms with Crippen LogP contribution in [0.5, 0.6) is 0 Å². The quantitative estimate of drug-likeness (QED) is 0.642. The molecular formula is C14H27N3O2. The zero-order valence-corrected chi connectivity index (χ0v) is 12.3. The Morgan fingerprint density at radius 3 is 2.42 bits per heavy atom. The van der Waals surface area contributed by atoms with E-state index in [9.17, 15) is 9.59 Å². The summed E-state index contributed by atoms with van der Waals surface area (Å²) in [5.74, 6) is -0.0576. The van der Waals surface area contributed by atoms with Crippen LogP contribution in [0.1, 0.15) is 52.9 Å². The van der Waals surface area contributed by atoms with E-state index < -0.39 is 0 Å². The lowest BCUT2D eigenvalue weighted by Gasteiger charge is -2.22. The zero-order valence-electron chi connectivity index (χ0n) is 12.3. The molecule has 0 aliphatic heterocycles. The lowest BCUT2D eigenvalue weighted by molar-refractivity contribution is -0.122. The summed E-state index contributed by atoms with van der Waals surface area (Å²) in [6.07, 6.45) is 3.64. The predicted octanol–water partition coefficient (Wildman–Crippen LogP) is 0.925. The van der Waals surface area contributed by atoms with Crippen molar-refractivity contribution >= 4 is 11.8 Å². The Balaban J connectivity index is 2.08. The number of nitrogens with one attached hydrogen (secondary N) is 2. The second-order valence-electron chi connectivity index (χ2n) is 6.67. The molecule has 1 saturated carbocycles. The van der Waals surface area contributed by atoms with Gasteiger partial charge in [0.2, 0.25) is 11.8 Å². The number of hydrogen-bond acceptors (Lipinski definition) is 3. The lowest BCUT2D eigenvalue weighted by Crippen LogP contribution is -2.36. The van der Waals surface area contributed by atoms with Crippen LogP contribution in [0, 0.1) is 5.41 Å². The Hall–Kier alpha value is -1.10. The molecule has 1 aliphatic rings. The third kappa shape index (κ3) is 8.59. The highest BCUT2D eigenvalue weighted by Gasteiger charge is 2.23. The maximum Gasteiger partial charge on any atom is 0.221 e. The molecule has 0 aromatic rings. The molecule has 0 spiro atoms. The zero-order chi connectivity index (χ0) is 14.5. The summed E-state index contributed by atoms with van der Waals surface area (Å²) in [6, 6.07) is 0.253. The molecule has 1 fully saturated rings. The van der Waals surface area contributed by atoms with E-state index in [0.717, 1.165) is 19.3 Å². The second kappa shape index (κ2) is 6.89.